The summed E-state index contributed by atoms with van der Waals surface area (Å²) in [6, 6.07) is 3.08. The topological polar surface area (TPSA) is 79.3 Å². The largest absolute Gasteiger partial charge is 0.481 e. The Morgan fingerprint density at radius 1 is 1.44 bits per heavy atom. The van der Waals surface area contributed by atoms with Gasteiger partial charge in [-0.25, -0.2) is 4.98 Å². The van der Waals surface area contributed by atoms with Gasteiger partial charge in [0.15, 0.2) is 0 Å². The van der Waals surface area contributed by atoms with Crippen molar-refractivity contribution in [2.45, 2.75) is 19.3 Å². The van der Waals surface area contributed by atoms with E-state index in [9.17, 15) is 9.59 Å². The molecule has 1 amide bonds. The normalized spacial score (nSPS) is 16.7. The Morgan fingerprint density at radius 3 is 2.61 bits per heavy atom. The van der Waals surface area contributed by atoms with E-state index in [0.717, 1.165) is 6.42 Å². The van der Waals surface area contributed by atoms with Gasteiger partial charge >= 0.3 is 5.97 Å². The molecule has 0 aliphatic heterocycles. The number of rotatable bonds is 4. The second kappa shape index (κ2) is 4.94. The van der Waals surface area contributed by atoms with E-state index < -0.39 is 11.4 Å². The van der Waals surface area contributed by atoms with E-state index in [0.29, 0.717) is 23.6 Å². The van der Waals surface area contributed by atoms with Crippen molar-refractivity contribution >= 4 is 23.5 Å². The Balaban J connectivity index is 1.96. The highest BCUT2D eigenvalue weighted by atomic mass is 35.5. The number of pyridine rings is 1. The van der Waals surface area contributed by atoms with Gasteiger partial charge in [0, 0.05) is 12.7 Å². The van der Waals surface area contributed by atoms with Gasteiger partial charge in [0.25, 0.3) is 5.91 Å². The SMILES string of the molecule is O=C(NCC1(C(=O)O)CCC1)c1ccc(Cl)nc1. The first-order chi connectivity index (χ1) is 8.53. The van der Waals surface area contributed by atoms with Crippen LogP contribution in [0.25, 0.3) is 0 Å². The number of nitrogens with one attached hydrogen (secondary N) is 1. The number of carboxylic acid groups (broad SMARTS) is 1. The molecule has 2 rings (SSSR count). The third-order valence-corrected chi connectivity index (χ3v) is 3.56. The maximum Gasteiger partial charge on any atom is 0.311 e. The quantitative estimate of drug-likeness (QED) is 0.815. The smallest absolute Gasteiger partial charge is 0.311 e. The maximum absolute atomic E-state index is 11.8. The number of carbonyl (C=O) groups is 2. The van der Waals surface area contributed by atoms with E-state index in [2.05, 4.69) is 10.3 Å². The Labute approximate surface area is 109 Å². The molecule has 0 unspecified atom stereocenters. The summed E-state index contributed by atoms with van der Waals surface area (Å²) >= 11 is 5.62. The second-order valence-electron chi connectivity index (χ2n) is 4.49. The Bertz CT molecular complexity index is 469. The molecule has 6 heteroatoms. The molecule has 5 nitrogen and oxygen atoms in total. The summed E-state index contributed by atoms with van der Waals surface area (Å²) < 4.78 is 0. The number of hydrogen-bond acceptors (Lipinski definition) is 3. The number of hydrogen-bond donors (Lipinski definition) is 2. The van der Waals surface area contributed by atoms with Crippen molar-refractivity contribution in [3.05, 3.63) is 29.0 Å². The standard InChI is InChI=1S/C12H13ClN2O3/c13-9-3-2-8(6-14-9)10(16)15-7-12(11(17)18)4-1-5-12/h2-3,6H,1,4-5,7H2,(H,15,16)(H,17,18). The van der Waals surface area contributed by atoms with Crippen LogP contribution in [0.3, 0.4) is 0 Å². The van der Waals surface area contributed by atoms with Crippen molar-refractivity contribution in [1.82, 2.24) is 10.3 Å². The van der Waals surface area contributed by atoms with Crippen LogP contribution in [0.15, 0.2) is 18.3 Å². The van der Waals surface area contributed by atoms with Gasteiger partial charge in [-0.2, -0.15) is 0 Å². The second-order valence-corrected chi connectivity index (χ2v) is 4.88. The van der Waals surface area contributed by atoms with E-state index in [-0.39, 0.29) is 12.5 Å². The molecule has 0 atom stereocenters. The molecular formula is C12H13ClN2O3. The molecule has 1 aromatic rings. The first-order valence-corrected chi connectivity index (χ1v) is 6.04. The molecule has 1 heterocycles. The van der Waals surface area contributed by atoms with Crippen LogP contribution in [0.2, 0.25) is 5.15 Å². The molecule has 0 radical (unpaired) electrons. The molecule has 0 spiro atoms. The lowest BCUT2D eigenvalue weighted by molar-refractivity contribution is -0.153. The number of carbonyl (C=O) groups excluding carboxylic acids is 1. The van der Waals surface area contributed by atoms with Crippen LogP contribution in [-0.2, 0) is 4.79 Å². The number of amides is 1. The number of aliphatic carboxylic acids is 1. The highest BCUT2D eigenvalue weighted by Crippen LogP contribution is 2.40. The van der Waals surface area contributed by atoms with Gasteiger partial charge < -0.3 is 10.4 Å². The molecule has 96 valence electrons. The fourth-order valence-electron chi connectivity index (χ4n) is 1.93. The van der Waals surface area contributed by atoms with Crippen LogP contribution in [-0.4, -0.2) is 28.5 Å². The van der Waals surface area contributed by atoms with Crippen molar-refractivity contribution in [1.29, 1.82) is 0 Å². The van der Waals surface area contributed by atoms with Crippen molar-refractivity contribution in [2.24, 2.45) is 5.41 Å². The van der Waals surface area contributed by atoms with Crippen LogP contribution in [0.5, 0.6) is 0 Å². The average Bonchev–Trinajstić information content (AvgIpc) is 2.27. The molecule has 0 bridgehead atoms. The summed E-state index contributed by atoms with van der Waals surface area (Å²) in [4.78, 5) is 26.7. The van der Waals surface area contributed by atoms with Gasteiger partial charge in [-0.15, -0.1) is 0 Å². The molecule has 1 aliphatic rings. The van der Waals surface area contributed by atoms with Crippen LogP contribution in [0.4, 0.5) is 0 Å². The zero-order valence-corrected chi connectivity index (χ0v) is 10.4. The lowest BCUT2D eigenvalue weighted by Crippen LogP contribution is -2.47. The molecule has 1 aliphatic carbocycles. The van der Waals surface area contributed by atoms with Gasteiger partial charge in [0.2, 0.25) is 0 Å². The molecule has 1 fully saturated rings. The highest BCUT2D eigenvalue weighted by molar-refractivity contribution is 6.29. The fourth-order valence-corrected chi connectivity index (χ4v) is 2.04. The predicted octanol–water partition coefficient (Wildman–Crippen LogP) is 1.72. The number of halogens is 1. The third kappa shape index (κ3) is 2.46. The van der Waals surface area contributed by atoms with Crippen LogP contribution in [0, 0.1) is 5.41 Å². The summed E-state index contributed by atoms with van der Waals surface area (Å²) in [5.41, 5.74) is -0.408. The zero-order valence-electron chi connectivity index (χ0n) is 9.65. The van der Waals surface area contributed by atoms with Crippen LogP contribution < -0.4 is 5.32 Å². The summed E-state index contributed by atoms with van der Waals surface area (Å²) in [5, 5.41) is 12.1. The van der Waals surface area contributed by atoms with Crippen molar-refractivity contribution in [3.63, 3.8) is 0 Å². The predicted molar refractivity (Wildman–Crippen MR) is 65.5 cm³/mol. The van der Waals surface area contributed by atoms with Gasteiger partial charge in [-0.1, -0.05) is 18.0 Å². The first-order valence-electron chi connectivity index (χ1n) is 5.67. The van der Waals surface area contributed by atoms with E-state index in [1.54, 1.807) is 6.07 Å². The monoisotopic (exact) mass is 268 g/mol. The molecule has 2 N–H and O–H groups in total. The average molecular weight is 269 g/mol. The molecule has 0 saturated heterocycles. The maximum atomic E-state index is 11.8. The molecular weight excluding hydrogens is 256 g/mol. The van der Waals surface area contributed by atoms with Crippen LogP contribution >= 0.6 is 11.6 Å². The highest BCUT2D eigenvalue weighted by Gasteiger charge is 2.44. The minimum atomic E-state index is -0.844. The number of nitrogens with zero attached hydrogens (tertiary/aromatic N) is 1. The van der Waals surface area contributed by atoms with E-state index >= 15 is 0 Å². The fraction of sp³-hybridized carbons (Fsp3) is 0.417. The summed E-state index contributed by atoms with van der Waals surface area (Å²) in [7, 11) is 0. The lowest BCUT2D eigenvalue weighted by Gasteiger charge is -2.37. The first kappa shape index (κ1) is 12.8. The van der Waals surface area contributed by atoms with Gasteiger partial charge in [0.1, 0.15) is 5.15 Å². The van der Waals surface area contributed by atoms with Gasteiger partial charge in [-0.05, 0) is 25.0 Å². The van der Waals surface area contributed by atoms with E-state index in [1.807, 2.05) is 0 Å². The summed E-state index contributed by atoms with van der Waals surface area (Å²) in [6.07, 6.45) is 3.49. The summed E-state index contributed by atoms with van der Waals surface area (Å²) in [5.74, 6) is -1.17. The lowest BCUT2D eigenvalue weighted by atomic mass is 9.69. The minimum absolute atomic E-state index is 0.157. The Kier molecular flexibility index (Phi) is 3.52. The molecule has 0 aromatic carbocycles. The van der Waals surface area contributed by atoms with Crippen molar-refractivity contribution in [2.75, 3.05) is 6.54 Å². The minimum Gasteiger partial charge on any atom is -0.481 e. The summed E-state index contributed by atoms with van der Waals surface area (Å²) in [6.45, 7) is 0.157. The van der Waals surface area contributed by atoms with Crippen molar-refractivity contribution < 1.29 is 14.7 Å². The molecule has 1 aromatic heterocycles. The van der Waals surface area contributed by atoms with E-state index in [4.69, 9.17) is 16.7 Å². The van der Waals surface area contributed by atoms with E-state index in [1.165, 1.54) is 12.3 Å². The van der Waals surface area contributed by atoms with Gasteiger partial charge in [-0.3, -0.25) is 9.59 Å². The van der Waals surface area contributed by atoms with Crippen molar-refractivity contribution in [3.8, 4) is 0 Å². The number of aromatic nitrogens is 1. The molecule has 1 saturated carbocycles. The Morgan fingerprint density at radius 2 is 2.17 bits per heavy atom. The van der Waals surface area contributed by atoms with Crippen LogP contribution in [0.1, 0.15) is 29.6 Å². The molecule has 18 heavy (non-hydrogen) atoms. The zero-order chi connectivity index (χ0) is 13.2. The number of carboxylic acids is 1. The third-order valence-electron chi connectivity index (χ3n) is 3.34. The van der Waals surface area contributed by atoms with Gasteiger partial charge in [0.05, 0.1) is 11.0 Å². The Hall–Kier alpha value is -1.62.